The van der Waals surface area contributed by atoms with Crippen LogP contribution in [0.4, 0.5) is 22.7 Å². The Hall–Kier alpha value is -15.0. The highest BCUT2D eigenvalue weighted by molar-refractivity contribution is 7.90. The Kier molecular flexibility index (Phi) is 17.6. The number of hydrogen-bond acceptors (Lipinski definition) is 20. The number of carbonyl (C=O) groups is 2. The normalized spacial score (nSPS) is 12.2. The van der Waals surface area contributed by atoms with Gasteiger partial charge in [-0.2, -0.15) is 27.1 Å². The Labute approximate surface area is 620 Å². The van der Waals surface area contributed by atoms with E-state index in [0.29, 0.717) is 89.6 Å². The van der Waals surface area contributed by atoms with E-state index in [0.717, 1.165) is 88.0 Å². The van der Waals surface area contributed by atoms with E-state index < -0.39 is 26.0 Å². The van der Waals surface area contributed by atoms with Crippen LogP contribution in [0.15, 0.2) is 314 Å². The fourth-order valence-electron chi connectivity index (χ4n) is 12.7. The molecule has 20 rings (SSSR count). The molecule has 0 atom stereocenters. The fourth-order valence-corrected chi connectivity index (χ4v) is 14.3. The number of aryl methyl sites for hydroxylation is 2. The van der Waals surface area contributed by atoms with E-state index in [9.17, 15) is 26.4 Å². The van der Waals surface area contributed by atoms with E-state index in [1.54, 1.807) is 54.6 Å². The first kappa shape index (κ1) is 68.1. The highest BCUT2D eigenvalue weighted by Gasteiger charge is 2.26. The molecule has 0 saturated carbocycles. The summed E-state index contributed by atoms with van der Waals surface area (Å²) < 4.78 is 66.8. The molecule has 532 valence electrons. The second kappa shape index (κ2) is 28.4. The summed E-state index contributed by atoms with van der Waals surface area (Å²) in [5.41, 5.74) is 14.9. The standard InChI is InChI=1S/C23H16N4O.C21H14N4O2S.C19H12N6O2.C17H10N6O3S/c1-14-7-6-8-15(13-14)23(28)27-26-21-17-10-3-2-9-16(17)20-22(21)25-19-12-5-4-11-18(19)24-20;26-28(27,14-8-2-1-3-9-14)25-24-20-16-11-5-4-10-15(16)19-21(20)23-18-13-7-6-12-17(18)22-19;1-10-5-4-6-11(9-10)19(26)23-22-15-13-8-3-2-7-12(13)14-16(15)21-18-17(20-14)24-27-25-18;24-27(25,10-6-2-1-3-7-10)23-20-14-12-9-5-4-8-11(12)13-15(14)19-17-16(18-13)21-26-22-17/h2-13,25H,1H3;1-13,23H;2-9H,1H3,(H,21,25);1-9H,(H,19,22). The minimum Gasteiger partial charge on any atom is -0.350 e. The van der Waals surface area contributed by atoms with Gasteiger partial charge >= 0.3 is 0 Å². The predicted octanol–water partition coefficient (Wildman–Crippen LogP) is 19.6. The topological polar surface area (TPSA) is 394 Å². The van der Waals surface area contributed by atoms with Crippen LogP contribution in [0.1, 0.15) is 31.8 Å². The molecule has 12 aromatic carbocycles. The molecule has 30 heteroatoms. The van der Waals surface area contributed by atoms with Crippen LogP contribution < -0.4 is 0 Å². The van der Waals surface area contributed by atoms with Crippen molar-refractivity contribution in [2.24, 2.45) is 39.7 Å². The summed E-state index contributed by atoms with van der Waals surface area (Å²) >= 11 is 0. The summed E-state index contributed by atoms with van der Waals surface area (Å²) in [5, 5.41) is 44.1. The van der Waals surface area contributed by atoms with Crippen molar-refractivity contribution in [2.45, 2.75) is 23.6 Å². The maximum Gasteiger partial charge on any atom is 0.299 e. The number of nitrogens with zero attached hydrogens (tertiary/aromatic N) is 16. The largest absolute Gasteiger partial charge is 0.350 e. The third-order valence-corrected chi connectivity index (χ3v) is 20.2. The number of carbonyl (C=O) groups excluding carboxylic acids is 2. The molecule has 110 heavy (non-hydrogen) atoms. The van der Waals surface area contributed by atoms with Gasteiger partial charge in [-0.05, 0) is 97.0 Å². The Balaban J connectivity index is 0.000000107. The van der Waals surface area contributed by atoms with Gasteiger partial charge < -0.3 is 9.97 Å². The van der Waals surface area contributed by atoms with Crippen LogP contribution in [0.2, 0.25) is 0 Å². The molecule has 28 nitrogen and oxygen atoms in total. The fraction of sp³-hybridized carbons (Fsp3) is 0.0250. The van der Waals surface area contributed by atoms with Crippen LogP contribution in [0.5, 0.6) is 0 Å². The van der Waals surface area contributed by atoms with E-state index >= 15 is 0 Å². The van der Waals surface area contributed by atoms with Gasteiger partial charge in [0.25, 0.3) is 31.9 Å². The third-order valence-electron chi connectivity index (χ3n) is 17.8. The lowest BCUT2D eigenvalue weighted by Crippen LogP contribution is -1.94. The van der Waals surface area contributed by atoms with E-state index in [1.807, 2.05) is 190 Å². The number of azo groups is 2. The first-order valence-electron chi connectivity index (χ1n) is 33.8. The number of rotatable bonds is 10. The van der Waals surface area contributed by atoms with Crippen molar-refractivity contribution >= 4 is 164 Å². The number of H-pyrrole nitrogens is 4. The van der Waals surface area contributed by atoms with Crippen molar-refractivity contribution in [3.8, 4) is 22.8 Å². The van der Waals surface area contributed by atoms with Crippen molar-refractivity contribution < 1.29 is 35.7 Å². The van der Waals surface area contributed by atoms with Crippen LogP contribution in [0, 0.1) is 13.8 Å². The van der Waals surface area contributed by atoms with Crippen molar-refractivity contribution in [3.63, 3.8) is 0 Å². The number of sulfonamides is 2. The number of aromatic amines is 4. The van der Waals surface area contributed by atoms with Crippen LogP contribution in [-0.2, 0) is 20.0 Å². The van der Waals surface area contributed by atoms with Crippen molar-refractivity contribution in [1.29, 1.82) is 0 Å². The first-order chi connectivity index (χ1) is 53.7. The Morgan fingerprint density at radius 1 is 0.345 bits per heavy atom. The van der Waals surface area contributed by atoms with E-state index in [4.69, 9.17) is 19.2 Å². The van der Waals surface area contributed by atoms with Gasteiger partial charge in [0.15, 0.2) is 0 Å². The molecule has 0 unspecified atom stereocenters. The van der Waals surface area contributed by atoms with Crippen molar-refractivity contribution in [3.05, 3.63) is 277 Å². The zero-order chi connectivity index (χ0) is 75.0. The summed E-state index contributed by atoms with van der Waals surface area (Å²) in [7, 11) is -7.83. The molecular formula is C80H52N20O8S2. The maximum atomic E-state index is 12.5. The average Bonchev–Trinajstić information content (AvgIpc) is 1.61. The van der Waals surface area contributed by atoms with Crippen LogP contribution >= 0.6 is 0 Å². The smallest absolute Gasteiger partial charge is 0.299 e. The number of aromatic nitrogens is 12. The average molecular weight is 1490 g/mol. The number of fused-ring (bicyclic) bond motifs is 16. The highest BCUT2D eigenvalue weighted by Crippen LogP contribution is 2.46. The van der Waals surface area contributed by atoms with Gasteiger partial charge in [-0.1, -0.05) is 202 Å². The summed E-state index contributed by atoms with van der Waals surface area (Å²) in [6.45, 7) is 3.86. The Bertz CT molecular complexity index is 7310. The van der Waals surface area contributed by atoms with Gasteiger partial charge in [-0.25, -0.2) is 29.9 Å². The second-order valence-corrected chi connectivity index (χ2v) is 28.1. The molecule has 0 saturated heterocycles. The lowest BCUT2D eigenvalue weighted by atomic mass is 10.1. The zero-order valence-electron chi connectivity index (χ0n) is 57.5. The molecule has 16 aromatic rings. The minimum atomic E-state index is -3.93. The van der Waals surface area contributed by atoms with Gasteiger partial charge in [-0.3, -0.25) is 18.8 Å². The molecule has 2 amide bonds. The molecule has 0 radical (unpaired) electrons. The van der Waals surface area contributed by atoms with Gasteiger partial charge in [-0.15, -0.1) is 30.7 Å². The number of benzene rings is 10. The second-order valence-electron chi connectivity index (χ2n) is 25.0. The monoisotopic (exact) mass is 1480 g/mol. The SMILES string of the molecule is Cc1cccc(C(=O)N=Nc2c3[nH]c4ccccc4nc-3c3ccccc23)c1.Cc1cccc(C(=O)N=Nc2c3ccccc3c3nc4no[nH]c4nc23)c1.O=S(=O)(N=Nc1c2[nH]c3ccccc3nc-2c2ccccc12)c1ccccc1.O=S(=O)(N=Nc1c2ccccc2c2nc3no[nH]c3nc12)c1ccccc1. The molecule has 6 heterocycles. The summed E-state index contributed by atoms with van der Waals surface area (Å²) in [6, 6.07) is 76.5. The Morgan fingerprint density at radius 2 is 0.700 bits per heavy atom. The van der Waals surface area contributed by atoms with Crippen LogP contribution in [0.25, 0.3) is 133 Å². The molecule has 4 N–H and O–H groups in total. The van der Waals surface area contributed by atoms with E-state index in [2.05, 4.69) is 90.3 Å². The predicted molar refractivity (Wildman–Crippen MR) is 415 cm³/mol. The molecule has 4 aromatic heterocycles. The number of hydrogen-bond donors (Lipinski definition) is 4. The van der Waals surface area contributed by atoms with Gasteiger partial charge in [0.2, 0.25) is 22.6 Å². The lowest BCUT2D eigenvalue weighted by Gasteiger charge is -2.04. The number of nitrogens with one attached hydrogen (secondary N) is 4. The molecular weight excluding hydrogens is 1430 g/mol. The number of amides is 2. The Morgan fingerprint density at radius 3 is 1.14 bits per heavy atom. The summed E-state index contributed by atoms with van der Waals surface area (Å²) in [5.74, 6) is -0.779. The van der Waals surface area contributed by atoms with E-state index in [1.165, 1.54) is 24.3 Å². The molecule has 4 aliphatic rings. The first-order valence-corrected chi connectivity index (χ1v) is 36.7. The van der Waals surface area contributed by atoms with E-state index in [-0.39, 0.29) is 15.7 Å². The zero-order valence-corrected chi connectivity index (χ0v) is 59.1. The molecule has 0 fully saturated rings. The lowest BCUT2D eigenvalue weighted by molar-refractivity contribution is 0.0987. The minimum absolute atomic E-state index is 0.0646. The van der Waals surface area contributed by atoms with Gasteiger partial charge in [0.1, 0.15) is 44.8 Å². The quantitative estimate of drug-likeness (QED) is 0.0924. The van der Waals surface area contributed by atoms with Crippen LogP contribution in [-0.4, -0.2) is 89.1 Å². The molecule has 2 aliphatic carbocycles. The third kappa shape index (κ3) is 13.1. The molecule has 2 aliphatic heterocycles. The van der Waals surface area contributed by atoms with Crippen molar-refractivity contribution in [2.75, 3.05) is 0 Å². The highest BCUT2D eigenvalue weighted by atomic mass is 32.2. The van der Waals surface area contributed by atoms with Crippen LogP contribution in [0.3, 0.4) is 0 Å². The molecule has 0 spiro atoms. The van der Waals surface area contributed by atoms with Crippen molar-refractivity contribution in [1.82, 2.24) is 60.5 Å². The van der Waals surface area contributed by atoms with Gasteiger partial charge in [0.05, 0.1) is 54.6 Å². The molecule has 0 bridgehead atoms. The maximum absolute atomic E-state index is 12.5. The number of para-hydroxylation sites is 4. The summed E-state index contributed by atoms with van der Waals surface area (Å²) in [6.07, 6.45) is 0. The van der Waals surface area contributed by atoms with Gasteiger partial charge in [0, 0.05) is 54.2 Å². The summed E-state index contributed by atoms with van der Waals surface area (Å²) in [4.78, 5) is 59.2.